The van der Waals surface area contributed by atoms with Gasteiger partial charge in [-0.05, 0) is 278 Å². The maximum absolute atomic E-state index is 13.2. The summed E-state index contributed by atoms with van der Waals surface area (Å²) < 4.78 is 5.24. The molecule has 12 aliphatic carbocycles. The van der Waals surface area contributed by atoms with E-state index in [1.807, 2.05) is 20.8 Å². The first kappa shape index (κ1) is 65.4. The second-order valence-electron chi connectivity index (χ2n) is 33.4. The molecule has 0 aliphatic heterocycles. The Labute approximate surface area is 509 Å². The Morgan fingerprint density at radius 3 is 1.12 bits per heavy atom. The molecular weight excluding hydrogens is 1080 g/mol. The number of nitrogens with one attached hydrogen (secondary N) is 3. The van der Waals surface area contributed by atoms with Crippen molar-refractivity contribution in [3.8, 4) is 0 Å². The number of aliphatic hydroxyl groups is 6. The monoisotopic (exact) mass is 1190 g/mol. The minimum absolute atomic E-state index is 0.00311. The van der Waals surface area contributed by atoms with Crippen molar-refractivity contribution in [1.29, 1.82) is 0 Å². The van der Waals surface area contributed by atoms with Crippen LogP contribution in [0.1, 0.15) is 216 Å². The number of carboxylic acids is 1. The van der Waals surface area contributed by atoms with E-state index in [2.05, 4.69) is 57.5 Å². The van der Waals surface area contributed by atoms with E-state index in [9.17, 15) is 54.9 Å². The molecule has 0 saturated heterocycles. The van der Waals surface area contributed by atoms with E-state index in [0.717, 1.165) is 141 Å². The van der Waals surface area contributed by atoms with Crippen LogP contribution >= 0.6 is 0 Å². The van der Waals surface area contributed by atoms with Gasteiger partial charge in [-0.1, -0.05) is 41.5 Å². The Morgan fingerprint density at radius 2 is 0.776 bits per heavy atom. The third kappa shape index (κ3) is 11.8. The van der Waals surface area contributed by atoms with Gasteiger partial charge >= 0.3 is 12.1 Å². The van der Waals surface area contributed by atoms with Crippen LogP contribution in [0, 0.1) is 121 Å². The number of amides is 3. The van der Waals surface area contributed by atoms with Crippen LogP contribution in [0.25, 0.3) is 0 Å². The summed E-state index contributed by atoms with van der Waals surface area (Å²) in [5.41, 5.74) is 4.83. The first-order valence-electron chi connectivity index (χ1n) is 34.5. The zero-order chi connectivity index (χ0) is 61.6. The largest absolute Gasteiger partial charge is 0.481 e. The quantitative estimate of drug-likeness (QED) is 0.102. The highest BCUT2D eigenvalue weighted by Gasteiger charge is 2.67. The van der Waals surface area contributed by atoms with E-state index in [-0.39, 0.29) is 104 Å². The van der Waals surface area contributed by atoms with Gasteiger partial charge in [0.25, 0.3) is 0 Å². The number of rotatable bonds is 8. The molecule has 12 saturated carbocycles. The molecular formula is C69H116N4O12. The molecule has 0 aromatic heterocycles. The van der Waals surface area contributed by atoms with Crippen LogP contribution in [0.2, 0.25) is 0 Å². The van der Waals surface area contributed by atoms with Gasteiger partial charge < -0.3 is 62.2 Å². The molecule has 3 amide bonds. The number of carbonyl (C=O) groups excluding carboxylic acids is 3. The summed E-state index contributed by atoms with van der Waals surface area (Å²) in [6.07, 6.45) is 20.7. The first-order valence-corrected chi connectivity index (χ1v) is 34.5. The Hall–Kier alpha value is -2.60. The fourth-order valence-electron chi connectivity index (χ4n) is 24.5. The predicted octanol–water partition coefficient (Wildman–Crippen LogP) is 8.73. The van der Waals surface area contributed by atoms with Crippen LogP contribution in [-0.2, 0) is 19.1 Å². The number of aliphatic hydroxyl groups excluding tert-OH is 6. The molecule has 12 aliphatic rings. The predicted molar refractivity (Wildman–Crippen MR) is 325 cm³/mol. The third-order valence-corrected chi connectivity index (χ3v) is 28.2. The summed E-state index contributed by atoms with van der Waals surface area (Å²) >= 11 is 0. The summed E-state index contributed by atoms with van der Waals surface area (Å²) in [4.78, 5) is 49.6. The molecule has 0 aromatic rings. The topological polar surface area (TPSA) is 281 Å². The van der Waals surface area contributed by atoms with Crippen molar-refractivity contribution < 1.29 is 59.7 Å². The summed E-state index contributed by atoms with van der Waals surface area (Å²) in [6, 6.07) is 0. The molecule has 484 valence electrons. The van der Waals surface area contributed by atoms with Crippen molar-refractivity contribution >= 4 is 23.9 Å². The highest BCUT2D eigenvalue weighted by molar-refractivity contribution is 5.80. The number of alkyl carbamates (subject to hydrolysis) is 1. The molecule has 12 fully saturated rings. The zero-order valence-electron chi connectivity index (χ0n) is 53.7. The third-order valence-electron chi connectivity index (χ3n) is 28.2. The summed E-state index contributed by atoms with van der Waals surface area (Å²) in [7, 11) is 0. The number of fused-ring (bicyclic) bond motifs is 15. The number of hydrogen-bond acceptors (Lipinski definition) is 12. The maximum atomic E-state index is 13.2. The second kappa shape index (κ2) is 24.6. The van der Waals surface area contributed by atoms with Crippen molar-refractivity contribution in [2.75, 3.05) is 26.2 Å². The lowest BCUT2D eigenvalue weighted by Crippen LogP contribution is -2.59. The number of carboxylic acid groups (broad SMARTS) is 1. The van der Waals surface area contributed by atoms with E-state index >= 15 is 0 Å². The van der Waals surface area contributed by atoms with Gasteiger partial charge in [0.15, 0.2) is 0 Å². The molecule has 16 nitrogen and oxygen atoms in total. The van der Waals surface area contributed by atoms with Gasteiger partial charge in [0.05, 0.1) is 42.5 Å². The van der Waals surface area contributed by atoms with E-state index in [0.29, 0.717) is 98.2 Å². The van der Waals surface area contributed by atoms with Gasteiger partial charge in [-0.3, -0.25) is 14.4 Å². The molecule has 0 heterocycles. The Morgan fingerprint density at radius 1 is 0.447 bits per heavy atom. The lowest BCUT2D eigenvalue weighted by Gasteiger charge is -2.62. The summed E-state index contributed by atoms with van der Waals surface area (Å²) in [6.45, 7) is 20.9. The van der Waals surface area contributed by atoms with Gasteiger partial charge in [-0.2, -0.15) is 0 Å². The van der Waals surface area contributed by atoms with Crippen molar-refractivity contribution in [3.63, 3.8) is 0 Å². The minimum atomic E-state index is -0.675. The molecule has 0 radical (unpaired) electrons. The molecule has 12 N–H and O–H groups in total. The number of aliphatic carboxylic acids is 1. The summed E-state index contributed by atoms with van der Waals surface area (Å²) in [5.74, 6) is 4.40. The average Bonchev–Trinajstić information content (AvgIpc) is 2.00. The Balaban J connectivity index is 0.000000144. The Kier molecular flexibility index (Phi) is 18.9. The lowest BCUT2D eigenvalue weighted by molar-refractivity contribution is -0.182. The van der Waals surface area contributed by atoms with Gasteiger partial charge in [0.1, 0.15) is 5.60 Å². The van der Waals surface area contributed by atoms with E-state index in [4.69, 9.17) is 10.5 Å². The number of carbonyl (C=O) groups is 4. The molecule has 0 spiro atoms. The number of hydrogen-bond donors (Lipinski definition) is 11. The molecule has 3 unspecified atom stereocenters. The van der Waals surface area contributed by atoms with Crippen LogP contribution in [0.4, 0.5) is 4.79 Å². The molecule has 27 atom stereocenters. The van der Waals surface area contributed by atoms with Gasteiger partial charge in [0, 0.05) is 38.0 Å². The van der Waals surface area contributed by atoms with Crippen molar-refractivity contribution in [2.45, 2.75) is 259 Å². The summed E-state index contributed by atoms with van der Waals surface area (Å²) in [5, 5.41) is 82.9. The van der Waals surface area contributed by atoms with E-state index < -0.39 is 23.8 Å². The van der Waals surface area contributed by atoms with Gasteiger partial charge in [-0.25, -0.2) is 4.79 Å². The van der Waals surface area contributed by atoms with Crippen LogP contribution in [0.15, 0.2) is 0 Å². The molecule has 0 aromatic carbocycles. The number of nitrogens with two attached hydrogens (primary N) is 1. The van der Waals surface area contributed by atoms with Crippen molar-refractivity contribution in [2.24, 2.45) is 127 Å². The van der Waals surface area contributed by atoms with Crippen LogP contribution in [0.3, 0.4) is 0 Å². The van der Waals surface area contributed by atoms with E-state index in [1.165, 1.54) is 0 Å². The van der Waals surface area contributed by atoms with Crippen LogP contribution < -0.4 is 21.7 Å². The fraction of sp³-hybridized carbons (Fsp3) is 0.942. The number of ether oxygens (including phenoxy) is 1. The smallest absolute Gasteiger partial charge is 0.407 e. The first-order chi connectivity index (χ1) is 39.9. The average molecular weight is 1190 g/mol. The minimum Gasteiger partial charge on any atom is -0.481 e. The molecule has 85 heavy (non-hydrogen) atoms. The normalized spacial score (nSPS) is 50.0. The maximum Gasteiger partial charge on any atom is 0.407 e. The molecule has 0 bridgehead atoms. The zero-order valence-corrected chi connectivity index (χ0v) is 53.7. The van der Waals surface area contributed by atoms with Gasteiger partial charge in [-0.15, -0.1) is 0 Å². The lowest BCUT2D eigenvalue weighted by atomic mass is 9.44. The van der Waals surface area contributed by atoms with E-state index in [1.54, 1.807) is 0 Å². The SMILES string of the molecule is CC(C)(C)OC(=O)NCCNC(=O)[C@H]1CC[C@H]2[C@@H]3CCC4C[C@@H](O)CC[C@]4(C)[C@H]3[C@@H](O)C[C@]12C.C[C@]12C[C@H](O)[C@H]3[C@@H](CCC4C[C@@H](O)CC[C@@]43C)[C@@H]1CC[C@@H]2C(=O)NCCN.C[C@]12C[C@H](O)[C@H]3[C@@H](CCC4C[C@@H](O)CC[C@@]43C)[C@@H]1CC[C@@H]2C(=O)O. The van der Waals surface area contributed by atoms with Crippen LogP contribution in [-0.4, -0.2) is 128 Å². The van der Waals surface area contributed by atoms with Crippen LogP contribution in [0.5, 0.6) is 0 Å². The highest BCUT2D eigenvalue weighted by Crippen LogP contribution is 2.71. The highest BCUT2D eigenvalue weighted by atomic mass is 16.6. The fourth-order valence-corrected chi connectivity index (χ4v) is 24.5. The van der Waals surface area contributed by atoms with Gasteiger partial charge in [0.2, 0.25) is 11.8 Å². The second-order valence-corrected chi connectivity index (χ2v) is 33.4. The molecule has 12 rings (SSSR count). The van der Waals surface area contributed by atoms with Crippen molar-refractivity contribution in [3.05, 3.63) is 0 Å². The Bertz CT molecular complexity index is 2410. The molecule has 16 heteroatoms. The standard InChI is InChI=1S/C27H46N2O5.C22H38N2O3.C20H32O4/c1-25(2,3)34-24(33)29-13-12-28-23(32)20-9-8-19-18-7-6-16-14-17(30)10-11-26(16,4)22(18)21(31)15-27(19,20)5;1-21-8-7-14(25)11-13(21)3-4-15-16-5-6-17(20(27)24-10-9-23)22(16,2)12-18(26)19(15)21;1-19-8-7-12(21)9-11(19)3-4-13-14-5-6-15(18(23)24)20(14,2)10-16(22)17(13)19/h16-22,30-31H,6-15H2,1-5H3,(H,28,32)(H,29,33);13-19,25-26H,3-12,23H2,1-2H3,(H,24,27);11-17,21-22H,3-10H2,1-2H3,(H,23,24)/t16?,17-,18-,19-,20+,21-,22+,26-,27-;13?,14-,15-,16-,17+,18-,19+,21-,22-;11?,12-,13-,14-,15+,16-,17+,19-,20-/m000/s1. The van der Waals surface area contributed by atoms with Crippen molar-refractivity contribution in [1.82, 2.24) is 16.0 Å².